The predicted octanol–water partition coefficient (Wildman–Crippen LogP) is 1.91. The normalized spacial score (nSPS) is 17.8. The number of H-pyrrole nitrogens is 1. The number of hydrogen-bond donors (Lipinski definition) is 4. The summed E-state index contributed by atoms with van der Waals surface area (Å²) in [6.45, 7) is 4.48. The molecule has 0 aliphatic carbocycles. The molecule has 1 saturated heterocycles. The minimum atomic E-state index is -0.779. The van der Waals surface area contributed by atoms with E-state index in [4.69, 9.17) is 0 Å². The largest absolute Gasteiger partial charge is 0.356 e. The molecule has 0 saturated carbocycles. The zero-order chi connectivity index (χ0) is 21.7. The van der Waals surface area contributed by atoms with Gasteiger partial charge in [-0.25, -0.2) is 0 Å². The maximum Gasteiger partial charge on any atom is 0.268 e. The number of carbonyl (C=O) groups excluding carboxylic acids is 3. The maximum absolute atomic E-state index is 12.8. The second-order valence-electron chi connectivity index (χ2n) is 7.74. The van der Waals surface area contributed by atoms with Crippen LogP contribution in [0.1, 0.15) is 48.7 Å². The molecule has 8 heteroatoms. The van der Waals surface area contributed by atoms with E-state index in [1.807, 2.05) is 32.0 Å². The zero-order valence-electron chi connectivity index (χ0n) is 17.2. The molecule has 1 aliphatic heterocycles. The molecule has 0 bridgehead atoms. The first kappa shape index (κ1) is 21.4. The van der Waals surface area contributed by atoms with Gasteiger partial charge in [-0.15, -0.1) is 0 Å². The van der Waals surface area contributed by atoms with Crippen molar-refractivity contribution in [3.05, 3.63) is 35.5 Å². The lowest BCUT2D eigenvalue weighted by atomic mass is 9.98. The second-order valence-corrected chi connectivity index (χ2v) is 7.74. The maximum atomic E-state index is 12.8. The third kappa shape index (κ3) is 4.79. The van der Waals surface area contributed by atoms with Crippen molar-refractivity contribution in [2.24, 2.45) is 5.92 Å². The van der Waals surface area contributed by atoms with Gasteiger partial charge >= 0.3 is 0 Å². The van der Waals surface area contributed by atoms with E-state index < -0.39 is 18.0 Å². The van der Waals surface area contributed by atoms with E-state index in [-0.39, 0.29) is 24.2 Å². The van der Waals surface area contributed by atoms with Gasteiger partial charge in [0, 0.05) is 23.4 Å². The number of nitriles is 1. The average Bonchev–Trinajstić information content (AvgIpc) is 3.34. The lowest BCUT2D eigenvalue weighted by Crippen LogP contribution is -2.49. The quantitative estimate of drug-likeness (QED) is 0.531. The third-order valence-electron chi connectivity index (χ3n) is 5.48. The topological polar surface area (TPSA) is 127 Å². The minimum absolute atomic E-state index is 0.0861. The fourth-order valence-electron chi connectivity index (χ4n) is 3.79. The van der Waals surface area contributed by atoms with Crippen molar-refractivity contribution in [2.45, 2.75) is 51.6 Å². The molecule has 1 aromatic heterocycles. The van der Waals surface area contributed by atoms with Gasteiger partial charge in [-0.2, -0.15) is 5.26 Å². The molecule has 3 atom stereocenters. The van der Waals surface area contributed by atoms with Gasteiger partial charge < -0.3 is 20.9 Å². The summed E-state index contributed by atoms with van der Waals surface area (Å²) in [4.78, 5) is 40.4. The van der Waals surface area contributed by atoms with Crippen molar-refractivity contribution in [2.75, 3.05) is 6.54 Å². The molecule has 1 aliphatic rings. The molecule has 0 spiro atoms. The van der Waals surface area contributed by atoms with Gasteiger partial charge in [-0.1, -0.05) is 25.5 Å². The lowest BCUT2D eigenvalue weighted by molar-refractivity contribution is -0.125. The molecule has 2 heterocycles. The van der Waals surface area contributed by atoms with Crippen molar-refractivity contribution in [3.63, 3.8) is 0 Å². The van der Waals surface area contributed by atoms with Gasteiger partial charge in [-0.05, 0) is 43.9 Å². The standard InChI is InChI=1S/C22H27N5O3/c1-3-5-18(21(29)25-15(12-23)10-14-8-9-24-20(14)28)27-22(30)19-11-16-13(2)6-4-7-17(16)26-19/h4,6-7,11,14-15,18,26H,3,5,8-10H2,1-2H3,(H,24,28)(H,25,29)(H,27,30)/t14?,15?,18-/m0/s1. The van der Waals surface area contributed by atoms with E-state index in [1.165, 1.54) is 0 Å². The second kappa shape index (κ2) is 9.44. The molecule has 30 heavy (non-hydrogen) atoms. The molecule has 4 N–H and O–H groups in total. The summed E-state index contributed by atoms with van der Waals surface area (Å²) in [7, 11) is 0. The molecule has 3 rings (SSSR count). The monoisotopic (exact) mass is 409 g/mol. The van der Waals surface area contributed by atoms with Crippen molar-refractivity contribution in [1.82, 2.24) is 20.9 Å². The Morgan fingerprint density at radius 3 is 2.77 bits per heavy atom. The predicted molar refractivity (Wildman–Crippen MR) is 112 cm³/mol. The average molecular weight is 409 g/mol. The third-order valence-corrected chi connectivity index (χ3v) is 5.48. The fourth-order valence-corrected chi connectivity index (χ4v) is 3.79. The fraction of sp³-hybridized carbons (Fsp3) is 0.455. The first-order valence-corrected chi connectivity index (χ1v) is 10.3. The zero-order valence-corrected chi connectivity index (χ0v) is 17.2. The number of aromatic nitrogens is 1. The van der Waals surface area contributed by atoms with Gasteiger partial charge in [0.05, 0.1) is 6.07 Å². The number of hydrogen-bond acceptors (Lipinski definition) is 4. The molecular weight excluding hydrogens is 382 g/mol. The van der Waals surface area contributed by atoms with Crippen LogP contribution in [-0.4, -0.2) is 41.3 Å². The van der Waals surface area contributed by atoms with Gasteiger partial charge in [0.15, 0.2) is 0 Å². The van der Waals surface area contributed by atoms with Crippen LogP contribution in [-0.2, 0) is 9.59 Å². The Balaban J connectivity index is 1.66. The number of amides is 3. The Kier molecular flexibility index (Phi) is 6.72. The Morgan fingerprint density at radius 2 is 2.13 bits per heavy atom. The van der Waals surface area contributed by atoms with E-state index in [1.54, 1.807) is 6.07 Å². The van der Waals surface area contributed by atoms with Crippen LogP contribution in [0.2, 0.25) is 0 Å². The number of rotatable bonds is 8. The lowest BCUT2D eigenvalue weighted by Gasteiger charge is -2.20. The highest BCUT2D eigenvalue weighted by Crippen LogP contribution is 2.19. The van der Waals surface area contributed by atoms with Gasteiger partial charge in [0.25, 0.3) is 5.91 Å². The molecule has 0 radical (unpaired) electrons. The van der Waals surface area contributed by atoms with Gasteiger partial charge in [-0.3, -0.25) is 14.4 Å². The number of nitrogens with one attached hydrogen (secondary N) is 4. The molecule has 3 amide bonds. The first-order chi connectivity index (χ1) is 14.4. The van der Waals surface area contributed by atoms with Crippen LogP contribution in [0.5, 0.6) is 0 Å². The van der Waals surface area contributed by atoms with Crippen molar-refractivity contribution >= 4 is 28.6 Å². The smallest absolute Gasteiger partial charge is 0.268 e. The summed E-state index contributed by atoms with van der Waals surface area (Å²) in [5, 5.41) is 18.6. The number of fused-ring (bicyclic) bond motifs is 1. The highest BCUT2D eigenvalue weighted by atomic mass is 16.2. The first-order valence-electron chi connectivity index (χ1n) is 10.3. The number of aromatic amines is 1. The van der Waals surface area contributed by atoms with E-state index >= 15 is 0 Å². The van der Waals surface area contributed by atoms with E-state index in [2.05, 4.69) is 27.0 Å². The molecule has 1 fully saturated rings. The molecule has 158 valence electrons. The minimum Gasteiger partial charge on any atom is -0.356 e. The number of aryl methyl sites for hydroxylation is 1. The summed E-state index contributed by atoms with van der Waals surface area (Å²) in [5.74, 6) is -1.15. The van der Waals surface area contributed by atoms with Crippen molar-refractivity contribution in [1.29, 1.82) is 5.26 Å². The number of nitrogens with zero attached hydrogens (tertiary/aromatic N) is 1. The van der Waals surface area contributed by atoms with Crippen LogP contribution in [0.3, 0.4) is 0 Å². The SMILES string of the molecule is CCC[C@H](NC(=O)c1cc2c(C)cccc2[nH]1)C(=O)NC(C#N)CC1CCNC1=O. The van der Waals surface area contributed by atoms with E-state index in [0.717, 1.165) is 16.5 Å². The summed E-state index contributed by atoms with van der Waals surface area (Å²) in [6.07, 6.45) is 2.05. The molecular formula is C22H27N5O3. The number of benzene rings is 1. The highest BCUT2D eigenvalue weighted by Gasteiger charge is 2.29. The summed E-state index contributed by atoms with van der Waals surface area (Å²) in [5.41, 5.74) is 2.29. The van der Waals surface area contributed by atoms with Crippen LogP contribution < -0.4 is 16.0 Å². The Bertz CT molecular complexity index is 990. The highest BCUT2D eigenvalue weighted by molar-refractivity contribution is 6.00. The van der Waals surface area contributed by atoms with Crippen molar-refractivity contribution < 1.29 is 14.4 Å². The molecule has 2 unspecified atom stereocenters. The summed E-state index contributed by atoms with van der Waals surface area (Å²) < 4.78 is 0. The van der Waals surface area contributed by atoms with E-state index in [9.17, 15) is 19.6 Å². The van der Waals surface area contributed by atoms with Crippen LogP contribution >= 0.6 is 0 Å². The van der Waals surface area contributed by atoms with Crippen LogP contribution in [0.15, 0.2) is 24.3 Å². The Morgan fingerprint density at radius 1 is 1.33 bits per heavy atom. The van der Waals surface area contributed by atoms with Crippen LogP contribution in [0.4, 0.5) is 0 Å². The Labute approximate surface area is 175 Å². The van der Waals surface area contributed by atoms with Gasteiger partial charge in [0.1, 0.15) is 17.8 Å². The summed E-state index contributed by atoms with van der Waals surface area (Å²) >= 11 is 0. The van der Waals surface area contributed by atoms with Crippen molar-refractivity contribution in [3.8, 4) is 6.07 Å². The number of carbonyl (C=O) groups is 3. The molecule has 8 nitrogen and oxygen atoms in total. The molecule has 1 aromatic carbocycles. The molecule has 2 aromatic rings. The van der Waals surface area contributed by atoms with E-state index in [0.29, 0.717) is 31.5 Å². The van der Waals surface area contributed by atoms with Crippen LogP contribution in [0.25, 0.3) is 10.9 Å². The van der Waals surface area contributed by atoms with Crippen LogP contribution in [0, 0.1) is 24.2 Å². The summed E-state index contributed by atoms with van der Waals surface area (Å²) in [6, 6.07) is 8.07. The Hall–Kier alpha value is -3.34. The van der Waals surface area contributed by atoms with Gasteiger partial charge in [0.2, 0.25) is 11.8 Å².